The summed E-state index contributed by atoms with van der Waals surface area (Å²) < 4.78 is 13.0. The van der Waals surface area contributed by atoms with Crippen LogP contribution in [0.2, 0.25) is 0 Å². The standard InChI is InChI=1S/C12H16FN3O3/c1-4-16(7-10(17)15(2)3)11-9(12(18)19)5-8(13)6-14-11/h5-6H,4,7H2,1-3H3,(H,18,19). The second-order valence-corrected chi connectivity index (χ2v) is 4.13. The topological polar surface area (TPSA) is 73.7 Å². The van der Waals surface area contributed by atoms with Crippen LogP contribution in [0.1, 0.15) is 17.3 Å². The maximum atomic E-state index is 13.0. The number of hydrogen-bond acceptors (Lipinski definition) is 4. The van der Waals surface area contributed by atoms with Crippen molar-refractivity contribution in [3.8, 4) is 0 Å². The molecule has 7 heteroatoms. The molecule has 1 heterocycles. The molecule has 1 aromatic heterocycles. The van der Waals surface area contributed by atoms with Gasteiger partial charge in [-0.05, 0) is 13.0 Å². The molecule has 0 aromatic carbocycles. The zero-order valence-electron chi connectivity index (χ0n) is 11.1. The van der Waals surface area contributed by atoms with Crippen LogP contribution in [0.4, 0.5) is 10.2 Å². The van der Waals surface area contributed by atoms with E-state index in [0.717, 1.165) is 12.3 Å². The van der Waals surface area contributed by atoms with Crippen molar-refractivity contribution >= 4 is 17.7 Å². The summed E-state index contributed by atoms with van der Waals surface area (Å²) in [7, 11) is 3.21. The summed E-state index contributed by atoms with van der Waals surface area (Å²) in [5.74, 6) is -2.11. The third-order valence-corrected chi connectivity index (χ3v) is 2.57. The second kappa shape index (κ2) is 6.12. The van der Waals surface area contributed by atoms with Gasteiger partial charge in [0.25, 0.3) is 0 Å². The predicted molar refractivity (Wildman–Crippen MR) is 67.7 cm³/mol. The van der Waals surface area contributed by atoms with E-state index >= 15 is 0 Å². The number of aromatic nitrogens is 1. The number of hydrogen-bond donors (Lipinski definition) is 1. The Hall–Kier alpha value is -2.18. The smallest absolute Gasteiger partial charge is 0.339 e. The molecule has 0 aliphatic carbocycles. The Morgan fingerprint density at radius 2 is 2.05 bits per heavy atom. The second-order valence-electron chi connectivity index (χ2n) is 4.13. The molecule has 0 radical (unpaired) electrons. The molecular weight excluding hydrogens is 253 g/mol. The number of amides is 1. The molecule has 1 rings (SSSR count). The molecule has 1 amide bonds. The van der Waals surface area contributed by atoms with Crippen molar-refractivity contribution in [2.75, 3.05) is 32.1 Å². The molecule has 0 aliphatic rings. The van der Waals surface area contributed by atoms with Crippen molar-refractivity contribution in [2.45, 2.75) is 6.92 Å². The molecule has 19 heavy (non-hydrogen) atoms. The molecule has 0 fully saturated rings. The number of halogens is 1. The molecule has 0 unspecified atom stereocenters. The Morgan fingerprint density at radius 3 is 2.53 bits per heavy atom. The summed E-state index contributed by atoms with van der Waals surface area (Å²) in [5.41, 5.74) is -0.256. The highest BCUT2D eigenvalue weighted by Crippen LogP contribution is 2.18. The number of rotatable bonds is 5. The number of pyridine rings is 1. The van der Waals surface area contributed by atoms with Gasteiger partial charge < -0.3 is 14.9 Å². The summed E-state index contributed by atoms with van der Waals surface area (Å²) in [6.45, 7) is 2.14. The van der Waals surface area contributed by atoms with Crippen molar-refractivity contribution in [1.29, 1.82) is 0 Å². The first-order valence-corrected chi connectivity index (χ1v) is 5.70. The van der Waals surface area contributed by atoms with Gasteiger partial charge in [-0.1, -0.05) is 0 Å². The van der Waals surface area contributed by atoms with Crippen molar-refractivity contribution in [1.82, 2.24) is 9.88 Å². The van der Waals surface area contributed by atoms with E-state index in [1.807, 2.05) is 0 Å². The predicted octanol–water partition coefficient (Wildman–Crippen LogP) is 0.833. The van der Waals surface area contributed by atoms with Crippen LogP contribution in [0.3, 0.4) is 0 Å². The van der Waals surface area contributed by atoms with Crippen LogP contribution >= 0.6 is 0 Å². The van der Waals surface area contributed by atoms with Gasteiger partial charge >= 0.3 is 5.97 Å². The first-order chi connectivity index (χ1) is 8.86. The third-order valence-electron chi connectivity index (χ3n) is 2.57. The highest BCUT2D eigenvalue weighted by molar-refractivity contribution is 5.94. The maximum Gasteiger partial charge on any atom is 0.339 e. The van der Waals surface area contributed by atoms with Crippen molar-refractivity contribution in [2.24, 2.45) is 0 Å². The van der Waals surface area contributed by atoms with E-state index in [9.17, 15) is 14.0 Å². The normalized spacial score (nSPS) is 10.1. The quantitative estimate of drug-likeness (QED) is 0.857. The summed E-state index contributed by atoms with van der Waals surface area (Å²) in [6.07, 6.45) is 0.935. The maximum absolute atomic E-state index is 13.0. The first-order valence-electron chi connectivity index (χ1n) is 5.70. The third kappa shape index (κ3) is 3.64. The van der Waals surface area contributed by atoms with Gasteiger partial charge in [0.15, 0.2) is 0 Å². The minimum absolute atomic E-state index is 0.0115. The van der Waals surface area contributed by atoms with Crippen molar-refractivity contribution in [3.05, 3.63) is 23.6 Å². The van der Waals surface area contributed by atoms with Gasteiger partial charge in [-0.25, -0.2) is 14.2 Å². The monoisotopic (exact) mass is 269 g/mol. The fourth-order valence-electron chi connectivity index (χ4n) is 1.48. The van der Waals surface area contributed by atoms with Crippen LogP contribution in [0, 0.1) is 5.82 Å². The molecule has 0 saturated carbocycles. The van der Waals surface area contributed by atoms with E-state index in [1.54, 1.807) is 21.0 Å². The lowest BCUT2D eigenvalue weighted by Crippen LogP contribution is -2.37. The molecular formula is C12H16FN3O3. The van der Waals surface area contributed by atoms with Crippen LogP contribution in [-0.2, 0) is 4.79 Å². The van der Waals surface area contributed by atoms with E-state index in [0.29, 0.717) is 6.54 Å². The average molecular weight is 269 g/mol. The van der Waals surface area contributed by atoms with E-state index in [-0.39, 0.29) is 23.8 Å². The lowest BCUT2D eigenvalue weighted by Gasteiger charge is -2.24. The molecule has 0 bridgehead atoms. The summed E-state index contributed by atoms with van der Waals surface area (Å²) in [5, 5.41) is 9.05. The number of carboxylic acids is 1. The van der Waals surface area contributed by atoms with Crippen molar-refractivity contribution < 1.29 is 19.1 Å². The lowest BCUT2D eigenvalue weighted by atomic mass is 10.2. The summed E-state index contributed by atoms with van der Waals surface area (Å²) in [4.78, 5) is 29.4. The van der Waals surface area contributed by atoms with E-state index in [1.165, 1.54) is 9.80 Å². The van der Waals surface area contributed by atoms with Gasteiger partial charge in [-0.3, -0.25) is 4.79 Å². The average Bonchev–Trinajstić information content (AvgIpc) is 2.35. The highest BCUT2D eigenvalue weighted by Gasteiger charge is 2.20. The lowest BCUT2D eigenvalue weighted by molar-refractivity contribution is -0.127. The van der Waals surface area contributed by atoms with Gasteiger partial charge in [0.2, 0.25) is 5.91 Å². The number of carbonyl (C=O) groups excluding carboxylic acids is 1. The van der Waals surface area contributed by atoms with Gasteiger partial charge in [0, 0.05) is 20.6 Å². The molecule has 6 nitrogen and oxygen atoms in total. The summed E-state index contributed by atoms with van der Waals surface area (Å²) >= 11 is 0. The van der Waals surface area contributed by atoms with Gasteiger partial charge in [0.1, 0.15) is 17.2 Å². The molecule has 0 saturated heterocycles. The Morgan fingerprint density at radius 1 is 1.42 bits per heavy atom. The fraction of sp³-hybridized carbons (Fsp3) is 0.417. The number of carboxylic acid groups (broad SMARTS) is 1. The number of likely N-dealkylation sites (N-methyl/N-ethyl adjacent to an activating group) is 2. The molecule has 0 atom stereocenters. The fourth-order valence-corrected chi connectivity index (χ4v) is 1.48. The van der Waals surface area contributed by atoms with Crippen LogP contribution in [0.25, 0.3) is 0 Å². The Kier molecular flexibility index (Phi) is 4.80. The van der Waals surface area contributed by atoms with Crippen LogP contribution < -0.4 is 4.90 Å². The minimum Gasteiger partial charge on any atom is -0.478 e. The highest BCUT2D eigenvalue weighted by atomic mass is 19.1. The summed E-state index contributed by atoms with van der Waals surface area (Å²) in [6, 6.07) is 0.896. The number of nitrogens with zero attached hydrogens (tertiary/aromatic N) is 3. The van der Waals surface area contributed by atoms with E-state index in [4.69, 9.17) is 5.11 Å². The Bertz CT molecular complexity index is 491. The largest absolute Gasteiger partial charge is 0.478 e. The zero-order chi connectivity index (χ0) is 14.6. The van der Waals surface area contributed by atoms with Gasteiger partial charge in [0.05, 0.1) is 12.7 Å². The van der Waals surface area contributed by atoms with Gasteiger partial charge in [-0.15, -0.1) is 0 Å². The number of carbonyl (C=O) groups is 2. The van der Waals surface area contributed by atoms with Gasteiger partial charge in [-0.2, -0.15) is 0 Å². The molecule has 1 N–H and O–H groups in total. The van der Waals surface area contributed by atoms with E-state index < -0.39 is 11.8 Å². The van der Waals surface area contributed by atoms with E-state index in [2.05, 4.69) is 4.98 Å². The zero-order valence-corrected chi connectivity index (χ0v) is 11.1. The minimum atomic E-state index is -1.28. The van der Waals surface area contributed by atoms with Crippen LogP contribution in [-0.4, -0.2) is 54.1 Å². The first kappa shape index (κ1) is 14.9. The molecule has 0 spiro atoms. The molecule has 1 aromatic rings. The number of anilines is 1. The van der Waals surface area contributed by atoms with Crippen molar-refractivity contribution in [3.63, 3.8) is 0 Å². The van der Waals surface area contributed by atoms with Crippen LogP contribution in [0.5, 0.6) is 0 Å². The molecule has 0 aliphatic heterocycles. The number of aromatic carboxylic acids is 1. The SMILES string of the molecule is CCN(CC(=O)N(C)C)c1ncc(F)cc1C(=O)O. The Labute approximate surface area is 110 Å². The molecule has 104 valence electrons. The van der Waals surface area contributed by atoms with Crippen LogP contribution in [0.15, 0.2) is 12.3 Å². The Balaban J connectivity index is 3.11.